The van der Waals surface area contributed by atoms with Gasteiger partial charge in [0.05, 0.1) is 0 Å². The second kappa shape index (κ2) is 6.19. The molecule has 1 aliphatic rings. The molecule has 0 radical (unpaired) electrons. The van der Waals surface area contributed by atoms with Crippen LogP contribution >= 0.6 is 15.9 Å². The Morgan fingerprint density at radius 2 is 1.63 bits per heavy atom. The summed E-state index contributed by atoms with van der Waals surface area (Å²) < 4.78 is 1.01. The monoisotopic (exact) mass is 324 g/mol. The minimum absolute atomic E-state index is 0.370. The first-order valence-electron chi connectivity index (χ1n) is 6.44. The minimum Gasteiger partial charge on any atom is -0.333 e. The van der Waals surface area contributed by atoms with E-state index in [-0.39, 0.29) is 11.8 Å². The summed E-state index contributed by atoms with van der Waals surface area (Å²) in [6.07, 6.45) is 0.881. The molecule has 102 valence electrons. The van der Waals surface area contributed by atoms with Crippen molar-refractivity contribution in [1.82, 2.24) is 9.80 Å². The van der Waals surface area contributed by atoms with E-state index < -0.39 is 0 Å². The lowest BCUT2D eigenvalue weighted by Gasteiger charge is -2.33. The molecule has 1 fully saturated rings. The van der Waals surface area contributed by atoms with Gasteiger partial charge in [-0.25, -0.2) is 0 Å². The summed E-state index contributed by atoms with van der Waals surface area (Å²) in [5, 5.41) is 0. The highest BCUT2D eigenvalue weighted by atomic mass is 79.9. The molecule has 2 rings (SSSR count). The first-order chi connectivity index (χ1) is 9.11. The van der Waals surface area contributed by atoms with E-state index in [0.717, 1.165) is 16.5 Å². The van der Waals surface area contributed by atoms with E-state index >= 15 is 0 Å². The van der Waals surface area contributed by atoms with Gasteiger partial charge in [0.15, 0.2) is 0 Å². The van der Waals surface area contributed by atoms with Gasteiger partial charge in [0.2, 0.25) is 0 Å². The lowest BCUT2D eigenvalue weighted by atomic mass is 10.2. The maximum absolute atomic E-state index is 12.0. The van der Waals surface area contributed by atoms with Gasteiger partial charge in [0.25, 0.3) is 0 Å². The molecule has 0 saturated carbocycles. The number of nitrogens with zero attached hydrogens (tertiary/aromatic N) is 2. The van der Waals surface area contributed by atoms with Crippen LogP contribution in [0.4, 0.5) is 0 Å². The van der Waals surface area contributed by atoms with E-state index in [9.17, 15) is 9.59 Å². The van der Waals surface area contributed by atoms with Crippen LogP contribution in [0.25, 0.3) is 0 Å². The van der Waals surface area contributed by atoms with Crippen molar-refractivity contribution in [3.05, 3.63) is 34.3 Å². The maximum Gasteiger partial charge on any atom is 0.312 e. The molecule has 0 aromatic heterocycles. The number of carbonyl (C=O) groups is 2. The summed E-state index contributed by atoms with van der Waals surface area (Å²) in [4.78, 5) is 27.2. The quantitative estimate of drug-likeness (QED) is 0.795. The first-order valence-corrected chi connectivity index (χ1v) is 7.23. The summed E-state index contributed by atoms with van der Waals surface area (Å²) in [7, 11) is 0. The Bertz CT molecular complexity index is 473. The minimum atomic E-state index is -0.386. The predicted molar refractivity (Wildman–Crippen MR) is 76.4 cm³/mol. The van der Waals surface area contributed by atoms with Gasteiger partial charge in [-0.05, 0) is 24.1 Å². The smallest absolute Gasteiger partial charge is 0.312 e. The molecule has 0 aliphatic carbocycles. The summed E-state index contributed by atoms with van der Waals surface area (Å²) in [5.74, 6) is -0.757. The molecular formula is C14H17BrN2O2. The van der Waals surface area contributed by atoms with Crippen LogP contribution in [-0.2, 0) is 16.1 Å². The standard InChI is InChI=1S/C14H17BrN2O2/c1-2-7-16-8-9-17(14(19)13(16)18)10-11-3-5-12(15)6-4-11/h3-6H,2,7-10H2,1H3. The van der Waals surface area contributed by atoms with Gasteiger partial charge in [-0.3, -0.25) is 9.59 Å². The van der Waals surface area contributed by atoms with Gasteiger partial charge < -0.3 is 9.80 Å². The normalized spacial score (nSPS) is 16.1. The van der Waals surface area contributed by atoms with Crippen LogP contribution in [0.2, 0.25) is 0 Å². The molecule has 1 aromatic rings. The van der Waals surface area contributed by atoms with Crippen molar-refractivity contribution < 1.29 is 9.59 Å². The van der Waals surface area contributed by atoms with Crippen LogP contribution in [0.15, 0.2) is 28.7 Å². The third-order valence-electron chi connectivity index (χ3n) is 3.18. The molecule has 1 aromatic carbocycles. The van der Waals surface area contributed by atoms with Crippen LogP contribution in [0.1, 0.15) is 18.9 Å². The Kier molecular flexibility index (Phi) is 4.58. The maximum atomic E-state index is 12.0. The van der Waals surface area contributed by atoms with Gasteiger partial charge in [-0.2, -0.15) is 0 Å². The fourth-order valence-corrected chi connectivity index (χ4v) is 2.42. The number of benzene rings is 1. The fraction of sp³-hybridized carbons (Fsp3) is 0.429. The van der Waals surface area contributed by atoms with Crippen LogP contribution in [-0.4, -0.2) is 41.2 Å². The van der Waals surface area contributed by atoms with Crippen molar-refractivity contribution in [3.8, 4) is 0 Å². The van der Waals surface area contributed by atoms with Crippen LogP contribution < -0.4 is 0 Å². The lowest BCUT2D eigenvalue weighted by molar-refractivity contribution is -0.156. The largest absolute Gasteiger partial charge is 0.333 e. The number of hydrogen-bond acceptors (Lipinski definition) is 2. The Morgan fingerprint density at radius 1 is 1.05 bits per heavy atom. The molecular weight excluding hydrogens is 308 g/mol. The van der Waals surface area contributed by atoms with E-state index in [2.05, 4.69) is 15.9 Å². The first kappa shape index (κ1) is 14.1. The Balaban J connectivity index is 2.01. The average molecular weight is 325 g/mol. The molecule has 0 atom stereocenters. The lowest BCUT2D eigenvalue weighted by Crippen LogP contribution is -2.53. The van der Waals surface area contributed by atoms with E-state index in [1.165, 1.54) is 0 Å². The Labute approximate surface area is 121 Å². The number of amides is 2. The molecule has 0 N–H and O–H groups in total. The van der Waals surface area contributed by atoms with E-state index in [1.807, 2.05) is 31.2 Å². The molecule has 2 amide bonds. The Hall–Kier alpha value is -1.36. The van der Waals surface area contributed by atoms with Crippen molar-refractivity contribution >= 4 is 27.7 Å². The topological polar surface area (TPSA) is 40.6 Å². The molecule has 4 nitrogen and oxygen atoms in total. The second-order valence-electron chi connectivity index (χ2n) is 4.65. The number of halogens is 1. The highest BCUT2D eigenvalue weighted by Gasteiger charge is 2.31. The van der Waals surface area contributed by atoms with Crippen molar-refractivity contribution in [2.24, 2.45) is 0 Å². The van der Waals surface area contributed by atoms with Crippen LogP contribution in [0.3, 0.4) is 0 Å². The van der Waals surface area contributed by atoms with Gasteiger partial charge in [0, 0.05) is 30.7 Å². The van der Waals surface area contributed by atoms with Gasteiger partial charge in [0.1, 0.15) is 0 Å². The fourth-order valence-electron chi connectivity index (χ4n) is 2.16. The van der Waals surface area contributed by atoms with Gasteiger partial charge >= 0.3 is 11.8 Å². The highest BCUT2D eigenvalue weighted by Crippen LogP contribution is 2.14. The molecule has 0 bridgehead atoms. The zero-order valence-electron chi connectivity index (χ0n) is 10.9. The summed E-state index contributed by atoms with van der Waals surface area (Å²) in [6.45, 7) is 4.41. The van der Waals surface area contributed by atoms with Crippen molar-refractivity contribution in [3.63, 3.8) is 0 Å². The zero-order valence-corrected chi connectivity index (χ0v) is 12.5. The molecule has 0 unspecified atom stereocenters. The van der Waals surface area contributed by atoms with E-state index in [1.54, 1.807) is 9.80 Å². The third kappa shape index (κ3) is 3.35. The summed E-state index contributed by atoms with van der Waals surface area (Å²) in [5.41, 5.74) is 1.04. The molecule has 19 heavy (non-hydrogen) atoms. The van der Waals surface area contributed by atoms with E-state index in [0.29, 0.717) is 26.2 Å². The molecule has 5 heteroatoms. The second-order valence-corrected chi connectivity index (χ2v) is 5.56. The molecule has 1 saturated heterocycles. The highest BCUT2D eigenvalue weighted by molar-refractivity contribution is 9.10. The third-order valence-corrected chi connectivity index (χ3v) is 3.71. The zero-order chi connectivity index (χ0) is 13.8. The average Bonchev–Trinajstić information content (AvgIpc) is 2.41. The SMILES string of the molecule is CCCN1CCN(Cc2ccc(Br)cc2)C(=O)C1=O. The van der Waals surface area contributed by atoms with Crippen molar-refractivity contribution in [2.75, 3.05) is 19.6 Å². The van der Waals surface area contributed by atoms with Gasteiger partial charge in [-0.1, -0.05) is 35.0 Å². The van der Waals surface area contributed by atoms with Crippen molar-refractivity contribution in [2.45, 2.75) is 19.9 Å². The summed E-state index contributed by atoms with van der Waals surface area (Å²) >= 11 is 3.38. The van der Waals surface area contributed by atoms with Gasteiger partial charge in [-0.15, -0.1) is 0 Å². The molecule has 1 aliphatic heterocycles. The Morgan fingerprint density at radius 3 is 2.26 bits per heavy atom. The number of rotatable bonds is 4. The summed E-state index contributed by atoms with van der Waals surface area (Å²) in [6, 6.07) is 7.80. The van der Waals surface area contributed by atoms with Crippen molar-refractivity contribution in [1.29, 1.82) is 0 Å². The van der Waals surface area contributed by atoms with E-state index in [4.69, 9.17) is 0 Å². The molecule has 1 heterocycles. The van der Waals surface area contributed by atoms with Crippen LogP contribution in [0.5, 0.6) is 0 Å². The number of piperazine rings is 1. The predicted octanol–water partition coefficient (Wildman–Crippen LogP) is 2.03. The van der Waals surface area contributed by atoms with Crippen LogP contribution in [0, 0.1) is 0 Å². The molecule has 0 spiro atoms. The number of carbonyl (C=O) groups excluding carboxylic acids is 2. The number of hydrogen-bond donors (Lipinski definition) is 0.